The average molecular weight is 545 g/mol. The van der Waals surface area contributed by atoms with Crippen LogP contribution in [0.4, 0.5) is 11.5 Å². The summed E-state index contributed by atoms with van der Waals surface area (Å²) in [5, 5.41) is 12.0. The molecule has 0 spiro atoms. The third-order valence-corrected chi connectivity index (χ3v) is 6.66. The summed E-state index contributed by atoms with van der Waals surface area (Å²) in [5.74, 6) is 1.29. The first kappa shape index (κ1) is 27.1. The number of aromatic nitrogens is 5. The van der Waals surface area contributed by atoms with Crippen molar-refractivity contribution >= 4 is 28.3 Å². The molecule has 0 radical (unpaired) electrons. The second kappa shape index (κ2) is 11.4. The normalized spacial score (nSPS) is 11.1. The number of carbonyl (C=O) groups is 1. The Morgan fingerprint density at radius 3 is 2.59 bits per heavy atom. The fourth-order valence-electron chi connectivity index (χ4n) is 4.19. The van der Waals surface area contributed by atoms with E-state index in [-0.39, 0.29) is 5.91 Å². The summed E-state index contributed by atoms with van der Waals surface area (Å²) >= 11 is 0. The molecule has 41 heavy (non-hydrogen) atoms. The Balaban J connectivity index is 1.32. The van der Waals surface area contributed by atoms with Crippen molar-refractivity contribution in [1.29, 1.82) is 0 Å². The molecule has 1 amide bonds. The average Bonchev–Trinajstić information content (AvgIpc) is 3.01. The molecule has 1 aromatic carbocycles. The Morgan fingerprint density at radius 2 is 1.83 bits per heavy atom. The van der Waals surface area contributed by atoms with Crippen LogP contribution >= 0.6 is 0 Å². The highest BCUT2D eigenvalue weighted by atomic mass is 16.5. The molecule has 0 atom stereocenters. The lowest BCUT2D eigenvalue weighted by Crippen LogP contribution is -2.17. The van der Waals surface area contributed by atoms with Gasteiger partial charge in [0.2, 0.25) is 0 Å². The van der Waals surface area contributed by atoms with E-state index >= 15 is 0 Å². The molecule has 4 heterocycles. The zero-order valence-corrected chi connectivity index (χ0v) is 23.2. The van der Waals surface area contributed by atoms with Gasteiger partial charge in [-0.15, -0.1) is 0 Å². The number of nitrogens with zero attached hydrogens (tertiary/aromatic N) is 7. The first-order chi connectivity index (χ1) is 19.8. The smallest absolute Gasteiger partial charge is 0.268 e. The van der Waals surface area contributed by atoms with Crippen molar-refractivity contribution in [3.63, 3.8) is 0 Å². The van der Waals surface area contributed by atoms with Gasteiger partial charge >= 0.3 is 0 Å². The number of hydrogen-bond acceptors (Lipinski definition) is 8. The van der Waals surface area contributed by atoms with Crippen LogP contribution in [0.3, 0.4) is 0 Å². The lowest BCUT2D eigenvalue weighted by molar-refractivity contribution is 0.102. The van der Waals surface area contributed by atoms with Crippen LogP contribution in [0.25, 0.3) is 27.0 Å². The molecule has 5 rings (SSSR count). The summed E-state index contributed by atoms with van der Waals surface area (Å²) < 4.78 is 5.24. The Bertz CT molecular complexity index is 1760. The van der Waals surface area contributed by atoms with E-state index in [4.69, 9.17) is 11.3 Å². The predicted molar refractivity (Wildman–Crippen MR) is 157 cm³/mol. The summed E-state index contributed by atoms with van der Waals surface area (Å²) in [5.41, 5.74) is 3.82. The Hall–Kier alpha value is -5.43. The fourth-order valence-corrected chi connectivity index (χ4v) is 4.19. The van der Waals surface area contributed by atoms with Gasteiger partial charge in [-0.3, -0.25) is 14.8 Å². The highest BCUT2D eigenvalue weighted by Gasteiger charge is 2.28. The summed E-state index contributed by atoms with van der Waals surface area (Å²) in [7, 11) is 3.64. The molecule has 4 aromatic heterocycles. The van der Waals surface area contributed by atoms with E-state index in [0.717, 1.165) is 33.6 Å². The highest BCUT2D eigenvalue weighted by molar-refractivity contribution is 6.04. The maximum absolute atomic E-state index is 12.9. The van der Waals surface area contributed by atoms with Crippen LogP contribution in [0, 0.1) is 6.57 Å². The van der Waals surface area contributed by atoms with Gasteiger partial charge in [0, 0.05) is 68.6 Å². The first-order valence-electron chi connectivity index (χ1n) is 12.9. The van der Waals surface area contributed by atoms with Gasteiger partial charge < -0.3 is 19.8 Å². The second-order valence-electron chi connectivity index (χ2n) is 10.0. The first-order valence-corrected chi connectivity index (χ1v) is 12.9. The molecule has 5 aromatic rings. The van der Waals surface area contributed by atoms with Gasteiger partial charge in [0.1, 0.15) is 17.3 Å². The molecule has 1 N–H and O–H groups in total. The minimum absolute atomic E-state index is 0.333. The number of rotatable bonds is 8. The highest BCUT2D eigenvalue weighted by Crippen LogP contribution is 2.26. The number of hydrogen-bond donors (Lipinski definition) is 1. The maximum Gasteiger partial charge on any atom is 0.268 e. The molecule has 204 valence electrons. The van der Waals surface area contributed by atoms with Crippen molar-refractivity contribution in [2.75, 3.05) is 24.4 Å². The summed E-state index contributed by atoms with van der Waals surface area (Å²) in [6.45, 7) is 11.6. The number of ether oxygens (including phenoxy) is 1. The molecule has 10 heteroatoms. The maximum atomic E-state index is 12.9. The molecule has 0 bridgehead atoms. The zero-order valence-electron chi connectivity index (χ0n) is 23.2. The van der Waals surface area contributed by atoms with Crippen molar-refractivity contribution in [2.24, 2.45) is 0 Å². The molecule has 0 saturated carbocycles. The third kappa shape index (κ3) is 6.09. The summed E-state index contributed by atoms with van der Waals surface area (Å²) in [4.78, 5) is 32.1. The number of methoxy groups -OCH3 is 1. The van der Waals surface area contributed by atoms with E-state index in [1.54, 1.807) is 51.6 Å². The quantitative estimate of drug-likeness (QED) is 0.254. The van der Waals surface area contributed by atoms with Crippen molar-refractivity contribution in [3.8, 4) is 17.0 Å². The van der Waals surface area contributed by atoms with E-state index in [1.165, 1.54) is 12.4 Å². The predicted octanol–water partition coefficient (Wildman–Crippen LogP) is 5.53. The van der Waals surface area contributed by atoms with Gasteiger partial charge in [-0.2, -0.15) is 10.2 Å². The number of fused-ring (bicyclic) bond motifs is 1. The Morgan fingerprint density at radius 1 is 1.02 bits per heavy atom. The SMILES string of the molecule is [C-]#[N+]C(C)(C)c1cc(C(=O)Nc2cnnc(-c3cnc4cc(N(C)Cc5ccc(OC)cc5)ncc4c3)c2)ccn1. The lowest BCUT2D eigenvalue weighted by Gasteiger charge is -2.18. The number of benzene rings is 1. The lowest BCUT2D eigenvalue weighted by atomic mass is 9.99. The van der Waals surface area contributed by atoms with Crippen LogP contribution in [0.5, 0.6) is 5.75 Å². The van der Waals surface area contributed by atoms with Crippen LogP contribution in [0.1, 0.15) is 35.5 Å². The topological polar surface area (TPSA) is 110 Å². The minimum Gasteiger partial charge on any atom is -0.497 e. The van der Waals surface area contributed by atoms with E-state index in [9.17, 15) is 4.79 Å². The molecule has 0 aliphatic rings. The fraction of sp³-hybridized carbons (Fsp3) is 0.194. The molecule has 0 saturated heterocycles. The largest absolute Gasteiger partial charge is 0.497 e. The molecule has 10 nitrogen and oxygen atoms in total. The second-order valence-corrected chi connectivity index (χ2v) is 10.0. The van der Waals surface area contributed by atoms with E-state index in [2.05, 4.69) is 40.2 Å². The monoisotopic (exact) mass is 544 g/mol. The molecule has 0 aliphatic heterocycles. The number of anilines is 2. The summed E-state index contributed by atoms with van der Waals surface area (Å²) in [6.07, 6.45) is 6.53. The number of amides is 1. The van der Waals surface area contributed by atoms with Crippen LogP contribution in [-0.4, -0.2) is 45.2 Å². The van der Waals surface area contributed by atoms with Crippen LogP contribution in [-0.2, 0) is 12.1 Å². The molecule has 0 fully saturated rings. The van der Waals surface area contributed by atoms with Crippen LogP contribution in [0.2, 0.25) is 0 Å². The zero-order chi connectivity index (χ0) is 29.0. The van der Waals surface area contributed by atoms with Crippen molar-refractivity contribution in [3.05, 3.63) is 108 Å². The number of carbonyl (C=O) groups excluding carboxylic acids is 1. The Kier molecular flexibility index (Phi) is 7.52. The molecule has 0 unspecified atom stereocenters. The van der Waals surface area contributed by atoms with E-state index < -0.39 is 5.54 Å². The number of pyridine rings is 3. The third-order valence-electron chi connectivity index (χ3n) is 6.66. The molecular weight excluding hydrogens is 516 g/mol. The van der Waals surface area contributed by atoms with E-state index in [0.29, 0.717) is 29.2 Å². The minimum atomic E-state index is -0.827. The Labute approximate surface area is 237 Å². The standard InChI is InChI=1S/C31H28N8O2/c1-31(2,32-3)28-13-21(10-11-33-28)30(40)37-24-14-27(38-36-18-24)23-12-22-17-35-29(15-26(22)34-16-23)39(4)19-20-6-8-25(41-5)9-7-20/h6-18H,19H2,1-2,4-5H3,(H,37,38,40). The summed E-state index contributed by atoms with van der Waals surface area (Å²) in [6, 6.07) is 16.8. The van der Waals surface area contributed by atoms with Crippen LogP contribution in [0.15, 0.2) is 79.4 Å². The van der Waals surface area contributed by atoms with Gasteiger partial charge in [0.25, 0.3) is 11.4 Å². The van der Waals surface area contributed by atoms with Gasteiger partial charge in [-0.1, -0.05) is 12.1 Å². The molecule has 0 aliphatic carbocycles. The van der Waals surface area contributed by atoms with Gasteiger partial charge in [0.05, 0.1) is 30.2 Å². The van der Waals surface area contributed by atoms with Crippen LogP contribution < -0.4 is 15.0 Å². The molecular formula is C31H28N8O2. The van der Waals surface area contributed by atoms with Crippen molar-refractivity contribution < 1.29 is 9.53 Å². The van der Waals surface area contributed by atoms with E-state index in [1.807, 2.05) is 43.4 Å². The van der Waals surface area contributed by atoms with Gasteiger partial charge in [-0.25, -0.2) is 11.6 Å². The van der Waals surface area contributed by atoms with Gasteiger partial charge in [-0.05, 0) is 42.0 Å². The van der Waals surface area contributed by atoms with Crippen molar-refractivity contribution in [2.45, 2.75) is 25.9 Å². The number of nitrogens with one attached hydrogen (secondary N) is 1. The van der Waals surface area contributed by atoms with Gasteiger partial charge in [0.15, 0.2) is 0 Å². The van der Waals surface area contributed by atoms with Crippen molar-refractivity contribution in [1.82, 2.24) is 25.1 Å².